The molecule has 2 aromatic carbocycles. The van der Waals surface area contributed by atoms with E-state index in [1.807, 2.05) is 0 Å². The first kappa shape index (κ1) is 25.8. The third kappa shape index (κ3) is 5.31. The molecule has 2 N–H and O–H groups in total. The molecule has 2 atom stereocenters. The summed E-state index contributed by atoms with van der Waals surface area (Å²) in [7, 11) is 3.93. The third-order valence-electron chi connectivity index (χ3n) is 6.03. The summed E-state index contributed by atoms with van der Waals surface area (Å²) < 4.78 is 28.0. The molecule has 0 bridgehead atoms. The van der Waals surface area contributed by atoms with Crippen LogP contribution in [0.1, 0.15) is 44.1 Å². The van der Waals surface area contributed by atoms with Crippen molar-refractivity contribution in [3.05, 3.63) is 41.5 Å². The molecule has 0 heterocycles. The minimum atomic E-state index is -2.15. The number of rotatable bonds is 9. The van der Waals surface area contributed by atoms with Gasteiger partial charge in [0, 0.05) is 0 Å². The van der Waals surface area contributed by atoms with Gasteiger partial charge >= 0.3 is 0 Å². The van der Waals surface area contributed by atoms with Crippen molar-refractivity contribution in [3.8, 4) is 28.7 Å². The Kier molecular flexibility index (Phi) is 8.09. The van der Waals surface area contributed by atoms with Crippen LogP contribution in [0.15, 0.2) is 30.3 Å². The van der Waals surface area contributed by atoms with Gasteiger partial charge in [-0.15, -0.1) is 0 Å². The monoisotopic (exact) mass is 464 g/mol. The van der Waals surface area contributed by atoms with Gasteiger partial charge in [0.15, 0.2) is 17.2 Å². The van der Waals surface area contributed by atoms with Crippen molar-refractivity contribution in [1.82, 2.24) is 0 Å². The molecule has 0 spiro atoms. The summed E-state index contributed by atoms with van der Waals surface area (Å²) in [6.07, 6.45) is -2.46. The molecule has 0 radical (unpaired) electrons. The fraction of sp³-hybridized carbons (Fsp3) is 0.500. The first-order chi connectivity index (χ1) is 14.9. The highest BCUT2D eigenvalue weighted by atomic mass is 28.4. The molecule has 0 aliphatic heterocycles. The lowest BCUT2D eigenvalue weighted by molar-refractivity contribution is 0.0169. The number of benzene rings is 2. The van der Waals surface area contributed by atoms with Crippen LogP contribution in [0.25, 0.3) is 0 Å². The lowest BCUT2D eigenvalue weighted by Gasteiger charge is -2.37. The van der Waals surface area contributed by atoms with Gasteiger partial charge in [0.05, 0.1) is 28.4 Å². The molecule has 0 aliphatic carbocycles. The van der Waals surface area contributed by atoms with E-state index in [2.05, 4.69) is 33.9 Å². The first-order valence-corrected chi connectivity index (χ1v) is 13.3. The van der Waals surface area contributed by atoms with E-state index < -0.39 is 20.5 Å². The minimum Gasteiger partial charge on any atom is -0.541 e. The highest BCUT2D eigenvalue weighted by Gasteiger charge is 2.39. The van der Waals surface area contributed by atoms with Crippen LogP contribution in [0.2, 0.25) is 18.1 Å². The van der Waals surface area contributed by atoms with Crippen LogP contribution in [0.4, 0.5) is 0 Å². The lowest BCUT2D eigenvalue weighted by atomic mass is 9.97. The number of hydrogen-bond acceptors (Lipinski definition) is 7. The van der Waals surface area contributed by atoms with Gasteiger partial charge in [-0.1, -0.05) is 26.8 Å². The van der Waals surface area contributed by atoms with E-state index >= 15 is 0 Å². The van der Waals surface area contributed by atoms with Gasteiger partial charge in [0.2, 0.25) is 5.75 Å². The topological polar surface area (TPSA) is 86.6 Å². The Labute approximate surface area is 192 Å². The molecule has 8 heteroatoms. The maximum absolute atomic E-state index is 11.0. The van der Waals surface area contributed by atoms with Gasteiger partial charge in [-0.05, 0) is 53.5 Å². The molecular weight excluding hydrogens is 428 g/mol. The van der Waals surface area contributed by atoms with E-state index in [4.69, 9.17) is 23.4 Å². The van der Waals surface area contributed by atoms with Gasteiger partial charge in [0.1, 0.15) is 18.0 Å². The van der Waals surface area contributed by atoms with Gasteiger partial charge in [0.25, 0.3) is 8.32 Å². The van der Waals surface area contributed by atoms with E-state index in [1.54, 1.807) is 37.4 Å². The van der Waals surface area contributed by atoms with Gasteiger partial charge in [-0.3, -0.25) is 0 Å². The number of aliphatic hydroxyl groups excluding tert-OH is 2. The summed E-state index contributed by atoms with van der Waals surface area (Å²) in [5, 5.41) is 21.9. The Hall–Kier alpha value is -2.42. The molecule has 32 heavy (non-hydrogen) atoms. The SMILES string of the molecule is COc1ccc([C@@H](O)[C@H](O)c2cc(OC)c(OC)c(OC)c2)cc1O[Si](C)(C)C(C)(C)C. The van der Waals surface area contributed by atoms with E-state index in [9.17, 15) is 10.2 Å². The smallest absolute Gasteiger partial charge is 0.250 e. The Morgan fingerprint density at radius 3 is 1.59 bits per heavy atom. The van der Waals surface area contributed by atoms with Crippen LogP contribution in [-0.4, -0.2) is 47.0 Å². The maximum atomic E-state index is 11.0. The van der Waals surface area contributed by atoms with Crippen LogP contribution >= 0.6 is 0 Å². The zero-order valence-electron chi connectivity index (χ0n) is 20.5. The molecular formula is C24H36O7Si. The molecule has 0 aromatic heterocycles. The van der Waals surface area contributed by atoms with Crippen molar-refractivity contribution in [2.75, 3.05) is 28.4 Å². The van der Waals surface area contributed by atoms with Crippen molar-refractivity contribution in [1.29, 1.82) is 0 Å². The summed E-state index contributed by atoms with van der Waals surface area (Å²) in [6.45, 7) is 10.7. The third-order valence-corrected chi connectivity index (χ3v) is 10.4. The number of aliphatic hydroxyl groups is 2. The minimum absolute atomic E-state index is 0.0116. The van der Waals surface area contributed by atoms with Gasteiger partial charge in [-0.25, -0.2) is 0 Å². The lowest BCUT2D eigenvalue weighted by Crippen LogP contribution is -2.44. The predicted molar refractivity (Wildman–Crippen MR) is 127 cm³/mol. The number of methoxy groups -OCH3 is 4. The van der Waals surface area contributed by atoms with Crippen LogP contribution in [0, 0.1) is 0 Å². The zero-order valence-corrected chi connectivity index (χ0v) is 21.5. The molecule has 0 unspecified atom stereocenters. The normalized spacial score (nSPS) is 13.8. The second-order valence-corrected chi connectivity index (χ2v) is 13.8. The highest BCUT2D eigenvalue weighted by molar-refractivity contribution is 6.74. The second kappa shape index (κ2) is 10.0. The molecule has 0 fully saturated rings. The summed E-state index contributed by atoms with van der Waals surface area (Å²) in [4.78, 5) is 0. The van der Waals surface area contributed by atoms with Crippen molar-refractivity contribution in [2.45, 2.75) is 51.1 Å². The van der Waals surface area contributed by atoms with Gasteiger partial charge in [-0.2, -0.15) is 0 Å². The van der Waals surface area contributed by atoms with Crippen LogP contribution in [-0.2, 0) is 0 Å². The average molecular weight is 465 g/mol. The summed E-state index contributed by atoms with van der Waals surface area (Å²) in [6, 6.07) is 8.41. The number of hydrogen-bond donors (Lipinski definition) is 2. The van der Waals surface area contributed by atoms with E-state index in [0.717, 1.165) is 0 Å². The molecule has 7 nitrogen and oxygen atoms in total. The Morgan fingerprint density at radius 2 is 1.16 bits per heavy atom. The largest absolute Gasteiger partial charge is 0.541 e. The van der Waals surface area contributed by atoms with E-state index in [-0.39, 0.29) is 5.04 Å². The summed E-state index contributed by atoms with van der Waals surface area (Å²) >= 11 is 0. The Morgan fingerprint density at radius 1 is 0.688 bits per heavy atom. The number of ether oxygens (including phenoxy) is 4. The van der Waals surface area contributed by atoms with Crippen molar-refractivity contribution < 1.29 is 33.6 Å². The molecule has 2 aromatic rings. The highest BCUT2D eigenvalue weighted by Crippen LogP contribution is 2.44. The first-order valence-electron chi connectivity index (χ1n) is 10.4. The molecule has 178 valence electrons. The molecule has 0 saturated heterocycles. The Balaban J connectivity index is 2.44. The predicted octanol–water partition coefficient (Wildman–Crippen LogP) is 4.87. The summed E-state index contributed by atoms with van der Waals surface area (Å²) in [5.41, 5.74) is 0.926. The molecule has 2 rings (SSSR count). The molecule has 0 aliphatic rings. The molecule has 0 amide bonds. The van der Waals surface area contributed by atoms with Crippen LogP contribution in [0.3, 0.4) is 0 Å². The van der Waals surface area contributed by atoms with Gasteiger partial charge < -0.3 is 33.6 Å². The fourth-order valence-corrected chi connectivity index (χ4v) is 4.04. The zero-order chi connectivity index (χ0) is 24.3. The van der Waals surface area contributed by atoms with Crippen molar-refractivity contribution in [2.24, 2.45) is 0 Å². The standard InChI is InChI=1S/C24H36O7Si/c1-24(2,3)32(8,9)31-18-12-15(10-11-17(18)27-4)21(25)22(26)16-13-19(28-5)23(30-7)20(14-16)29-6/h10-14,21-22,25-26H,1-9H3/t21-,22-/m1/s1. The van der Waals surface area contributed by atoms with Crippen LogP contribution in [0.5, 0.6) is 28.7 Å². The fourth-order valence-electron chi connectivity index (χ4n) is 3.02. The van der Waals surface area contributed by atoms with Crippen molar-refractivity contribution in [3.63, 3.8) is 0 Å². The second-order valence-electron chi connectivity index (χ2n) is 9.12. The Bertz CT molecular complexity index is 896. The van der Waals surface area contributed by atoms with Crippen molar-refractivity contribution >= 4 is 8.32 Å². The quantitative estimate of drug-likeness (QED) is 0.512. The van der Waals surface area contributed by atoms with E-state index in [0.29, 0.717) is 39.9 Å². The average Bonchev–Trinajstić information content (AvgIpc) is 2.75. The van der Waals surface area contributed by atoms with Crippen LogP contribution < -0.4 is 23.4 Å². The maximum Gasteiger partial charge on any atom is 0.250 e. The molecule has 0 saturated carbocycles. The summed E-state index contributed by atoms with van der Waals surface area (Å²) in [5.74, 6) is 2.32. The van der Waals surface area contributed by atoms with E-state index in [1.165, 1.54) is 21.3 Å².